The Bertz CT molecular complexity index is 650. The first-order valence-electron chi connectivity index (χ1n) is 6.77. The molecule has 0 heterocycles. The maximum absolute atomic E-state index is 12.2. The number of carbonyl (C=O) groups is 2. The van der Waals surface area contributed by atoms with E-state index in [9.17, 15) is 9.59 Å². The summed E-state index contributed by atoms with van der Waals surface area (Å²) in [6, 6.07) is 14.7. The smallest absolute Gasteiger partial charge is 0.251 e. The maximum atomic E-state index is 12.2. The van der Waals surface area contributed by atoms with Crippen molar-refractivity contribution >= 4 is 22.8 Å². The molecule has 3 nitrogen and oxygen atoms in total. The summed E-state index contributed by atoms with van der Waals surface area (Å²) in [5.41, 5.74) is 2.43. The van der Waals surface area contributed by atoms with Crippen molar-refractivity contribution in [3.63, 3.8) is 0 Å². The fourth-order valence-electron chi connectivity index (χ4n) is 1.89. The summed E-state index contributed by atoms with van der Waals surface area (Å²) >= 11 is 1.13. The van der Waals surface area contributed by atoms with Gasteiger partial charge in [0, 0.05) is 23.1 Å². The minimum absolute atomic E-state index is 0.0216. The van der Waals surface area contributed by atoms with Crippen molar-refractivity contribution in [1.29, 1.82) is 0 Å². The lowest BCUT2D eigenvalue weighted by molar-refractivity contribution is 0.0962. The molecule has 0 aliphatic rings. The topological polar surface area (TPSA) is 46.2 Å². The average molecular weight is 299 g/mol. The average Bonchev–Trinajstić information content (AvgIpc) is 2.54. The highest BCUT2D eigenvalue weighted by molar-refractivity contribution is 8.14. The van der Waals surface area contributed by atoms with E-state index in [4.69, 9.17) is 0 Å². The monoisotopic (exact) mass is 299 g/mol. The first-order valence-corrected chi connectivity index (χ1v) is 7.59. The molecule has 21 heavy (non-hydrogen) atoms. The second-order valence-electron chi connectivity index (χ2n) is 4.55. The molecule has 0 spiro atoms. The van der Waals surface area contributed by atoms with Gasteiger partial charge in [-0.25, -0.2) is 0 Å². The van der Waals surface area contributed by atoms with Gasteiger partial charge in [0.2, 0.25) is 5.12 Å². The molecule has 108 valence electrons. The van der Waals surface area contributed by atoms with Gasteiger partial charge in [-0.1, -0.05) is 37.3 Å². The van der Waals surface area contributed by atoms with Crippen LogP contribution in [-0.2, 0) is 6.42 Å². The summed E-state index contributed by atoms with van der Waals surface area (Å²) < 4.78 is 0. The molecule has 0 saturated carbocycles. The quantitative estimate of drug-likeness (QED) is 0.878. The zero-order valence-electron chi connectivity index (χ0n) is 12.1. The molecule has 0 aromatic heterocycles. The fourth-order valence-corrected chi connectivity index (χ4v) is 2.69. The molecule has 0 atom stereocenters. The minimum atomic E-state index is -0.155. The van der Waals surface area contributed by atoms with Crippen LogP contribution in [0.2, 0.25) is 0 Å². The molecule has 0 aliphatic heterocycles. The van der Waals surface area contributed by atoms with Gasteiger partial charge < -0.3 is 5.32 Å². The van der Waals surface area contributed by atoms with Crippen LogP contribution in [0.25, 0.3) is 0 Å². The zero-order valence-corrected chi connectivity index (χ0v) is 12.9. The van der Waals surface area contributed by atoms with E-state index in [0.717, 1.165) is 23.1 Å². The molecular weight excluding hydrogens is 282 g/mol. The van der Waals surface area contributed by atoms with Crippen molar-refractivity contribution in [1.82, 2.24) is 5.32 Å². The van der Waals surface area contributed by atoms with E-state index in [-0.39, 0.29) is 11.0 Å². The van der Waals surface area contributed by atoms with Crippen LogP contribution in [-0.4, -0.2) is 18.1 Å². The van der Waals surface area contributed by atoms with E-state index in [1.54, 1.807) is 25.2 Å². The Morgan fingerprint density at radius 2 is 1.76 bits per heavy atom. The number of hydrogen-bond donors (Lipinski definition) is 1. The van der Waals surface area contributed by atoms with Gasteiger partial charge in [0.15, 0.2) is 0 Å². The molecule has 1 amide bonds. The van der Waals surface area contributed by atoms with Crippen LogP contribution >= 0.6 is 11.8 Å². The van der Waals surface area contributed by atoms with Crippen molar-refractivity contribution in [2.45, 2.75) is 18.2 Å². The summed E-state index contributed by atoms with van der Waals surface area (Å²) in [6.07, 6.45) is 0.954. The van der Waals surface area contributed by atoms with Gasteiger partial charge in [0.25, 0.3) is 5.91 Å². The Morgan fingerprint density at radius 3 is 2.38 bits per heavy atom. The molecule has 0 fully saturated rings. The lowest BCUT2D eigenvalue weighted by atomic mass is 10.1. The van der Waals surface area contributed by atoms with Crippen molar-refractivity contribution in [2.75, 3.05) is 7.05 Å². The first-order chi connectivity index (χ1) is 10.1. The Kier molecular flexibility index (Phi) is 5.17. The molecule has 0 aliphatic carbocycles. The van der Waals surface area contributed by atoms with Crippen LogP contribution in [0.3, 0.4) is 0 Å². The van der Waals surface area contributed by atoms with Crippen molar-refractivity contribution in [3.05, 3.63) is 65.2 Å². The van der Waals surface area contributed by atoms with Crippen LogP contribution in [0.1, 0.15) is 33.2 Å². The highest BCUT2D eigenvalue weighted by Gasteiger charge is 2.10. The summed E-state index contributed by atoms with van der Waals surface area (Å²) in [4.78, 5) is 24.6. The molecule has 0 bridgehead atoms. The van der Waals surface area contributed by atoms with E-state index in [2.05, 4.69) is 12.2 Å². The van der Waals surface area contributed by atoms with E-state index >= 15 is 0 Å². The van der Waals surface area contributed by atoms with Crippen LogP contribution in [0.5, 0.6) is 0 Å². The Balaban J connectivity index is 2.13. The predicted octanol–water partition coefficient (Wildman–Crippen LogP) is 3.54. The Labute approximate surface area is 128 Å². The highest BCUT2D eigenvalue weighted by atomic mass is 32.2. The first kappa shape index (κ1) is 15.3. The second kappa shape index (κ2) is 7.09. The summed E-state index contributed by atoms with van der Waals surface area (Å²) in [7, 11) is 1.59. The van der Waals surface area contributed by atoms with Crippen molar-refractivity contribution < 1.29 is 9.59 Å². The van der Waals surface area contributed by atoms with Crippen molar-refractivity contribution in [2.24, 2.45) is 0 Å². The third kappa shape index (κ3) is 3.95. The molecule has 0 saturated heterocycles. The highest BCUT2D eigenvalue weighted by Crippen LogP contribution is 2.24. The molecule has 2 rings (SSSR count). The van der Waals surface area contributed by atoms with Gasteiger partial charge in [-0.05, 0) is 41.9 Å². The van der Waals surface area contributed by atoms with E-state index in [0.29, 0.717) is 11.1 Å². The Hall–Kier alpha value is -2.07. The van der Waals surface area contributed by atoms with Gasteiger partial charge >= 0.3 is 0 Å². The summed E-state index contributed by atoms with van der Waals surface area (Å²) in [5.74, 6) is -0.155. The van der Waals surface area contributed by atoms with E-state index in [1.807, 2.05) is 30.3 Å². The normalized spacial score (nSPS) is 10.2. The maximum Gasteiger partial charge on any atom is 0.251 e. The fraction of sp³-hybridized carbons (Fsp3) is 0.176. The number of aryl methyl sites for hydroxylation is 1. The van der Waals surface area contributed by atoms with Crippen LogP contribution in [0.15, 0.2) is 53.4 Å². The van der Waals surface area contributed by atoms with Gasteiger partial charge in [0.05, 0.1) is 0 Å². The lowest BCUT2D eigenvalue weighted by Gasteiger charge is -2.04. The number of rotatable bonds is 4. The Morgan fingerprint density at radius 1 is 1.05 bits per heavy atom. The van der Waals surface area contributed by atoms with Crippen LogP contribution in [0, 0.1) is 0 Å². The van der Waals surface area contributed by atoms with Crippen molar-refractivity contribution in [3.8, 4) is 0 Å². The summed E-state index contributed by atoms with van der Waals surface area (Å²) in [6.45, 7) is 2.08. The number of hydrogen-bond acceptors (Lipinski definition) is 3. The second-order valence-corrected chi connectivity index (χ2v) is 5.59. The SMILES string of the molecule is CCc1ccc(C(=O)Sc2cccc(C(=O)NC)c2)cc1. The van der Waals surface area contributed by atoms with Gasteiger partial charge in [0.1, 0.15) is 0 Å². The number of nitrogens with one attached hydrogen (secondary N) is 1. The molecule has 2 aromatic rings. The molecular formula is C17H17NO2S. The number of thioether (sulfide) groups is 1. The predicted molar refractivity (Wildman–Crippen MR) is 85.8 cm³/mol. The third-order valence-corrected chi connectivity index (χ3v) is 4.04. The number of amides is 1. The molecule has 1 N–H and O–H groups in total. The van der Waals surface area contributed by atoms with Gasteiger partial charge in [-0.3, -0.25) is 9.59 Å². The van der Waals surface area contributed by atoms with Crippen LogP contribution in [0.4, 0.5) is 0 Å². The number of benzene rings is 2. The summed E-state index contributed by atoms with van der Waals surface area (Å²) in [5, 5.41) is 2.55. The van der Waals surface area contributed by atoms with E-state index < -0.39 is 0 Å². The van der Waals surface area contributed by atoms with Gasteiger partial charge in [-0.2, -0.15) is 0 Å². The van der Waals surface area contributed by atoms with Crippen LogP contribution < -0.4 is 5.32 Å². The standard InChI is InChI=1S/C17H17NO2S/c1-3-12-7-9-13(10-8-12)17(20)21-15-6-4-5-14(11-15)16(19)18-2/h4-11H,3H2,1-2H3,(H,18,19). The number of carbonyl (C=O) groups excluding carboxylic acids is 2. The largest absolute Gasteiger partial charge is 0.355 e. The third-order valence-electron chi connectivity index (χ3n) is 3.13. The minimum Gasteiger partial charge on any atom is -0.355 e. The molecule has 4 heteroatoms. The molecule has 0 radical (unpaired) electrons. The molecule has 0 unspecified atom stereocenters. The lowest BCUT2D eigenvalue weighted by Crippen LogP contribution is -2.17. The van der Waals surface area contributed by atoms with Gasteiger partial charge in [-0.15, -0.1) is 0 Å². The zero-order chi connectivity index (χ0) is 15.2. The molecule has 2 aromatic carbocycles. The van der Waals surface area contributed by atoms with E-state index in [1.165, 1.54) is 5.56 Å².